The number of benzene rings is 2. The molecule has 3 aromatic rings. The van der Waals surface area contributed by atoms with E-state index in [2.05, 4.69) is 14.9 Å². The molecule has 3 amide bonds. The molecule has 8 nitrogen and oxygen atoms in total. The van der Waals surface area contributed by atoms with Gasteiger partial charge in [0.05, 0.1) is 18.2 Å². The molecule has 8 heteroatoms. The number of aromatic nitrogens is 2. The molecule has 0 spiro atoms. The summed E-state index contributed by atoms with van der Waals surface area (Å²) < 4.78 is 0. The maximum atomic E-state index is 14.0. The van der Waals surface area contributed by atoms with Crippen LogP contribution in [-0.4, -0.2) is 63.7 Å². The van der Waals surface area contributed by atoms with Crippen LogP contribution in [-0.2, 0) is 26.3 Å². The molecular formula is C28H29N5O3. The van der Waals surface area contributed by atoms with E-state index in [1.807, 2.05) is 61.5 Å². The average molecular weight is 484 g/mol. The summed E-state index contributed by atoms with van der Waals surface area (Å²) >= 11 is 0. The van der Waals surface area contributed by atoms with E-state index in [4.69, 9.17) is 0 Å². The largest absolute Gasteiger partial charge is 0.352 e. The molecule has 0 saturated carbocycles. The first-order valence-corrected chi connectivity index (χ1v) is 12.2. The Morgan fingerprint density at radius 2 is 1.67 bits per heavy atom. The van der Waals surface area contributed by atoms with Crippen molar-refractivity contribution in [2.24, 2.45) is 0 Å². The number of likely N-dealkylation sites (tertiary alicyclic amines) is 1. The SMILES string of the molecule is Cc1ccccc1C1(CC(=O)N2CCN(c3cnccn3)CC2)CC(=O)N(Cc2ccccc2)C1=O. The normalized spacial score (nSPS) is 20.2. The highest BCUT2D eigenvalue weighted by Gasteiger charge is 2.54. The van der Waals surface area contributed by atoms with Gasteiger partial charge in [-0.25, -0.2) is 4.98 Å². The van der Waals surface area contributed by atoms with Gasteiger partial charge in [0.2, 0.25) is 17.7 Å². The summed E-state index contributed by atoms with van der Waals surface area (Å²) in [4.78, 5) is 54.5. The minimum absolute atomic E-state index is 0.00513. The first-order chi connectivity index (χ1) is 17.5. The second-order valence-electron chi connectivity index (χ2n) is 9.45. The van der Waals surface area contributed by atoms with Crippen LogP contribution < -0.4 is 4.90 Å². The van der Waals surface area contributed by atoms with Crippen LogP contribution in [0, 0.1) is 6.92 Å². The number of aryl methyl sites for hydroxylation is 1. The molecule has 1 unspecified atom stereocenters. The van der Waals surface area contributed by atoms with E-state index in [-0.39, 0.29) is 37.1 Å². The summed E-state index contributed by atoms with van der Waals surface area (Å²) in [5.41, 5.74) is 1.34. The van der Waals surface area contributed by atoms with E-state index in [0.717, 1.165) is 22.5 Å². The van der Waals surface area contributed by atoms with Gasteiger partial charge in [-0.2, -0.15) is 0 Å². The van der Waals surface area contributed by atoms with Crippen LogP contribution in [0.3, 0.4) is 0 Å². The van der Waals surface area contributed by atoms with Gasteiger partial charge in [0.1, 0.15) is 5.82 Å². The number of carbonyl (C=O) groups excluding carboxylic acids is 3. The molecule has 0 bridgehead atoms. The van der Waals surface area contributed by atoms with Gasteiger partial charge in [0.25, 0.3) is 0 Å². The van der Waals surface area contributed by atoms with Crippen molar-refractivity contribution in [3.63, 3.8) is 0 Å². The molecule has 2 aliphatic heterocycles. The third-order valence-corrected chi connectivity index (χ3v) is 7.21. The monoisotopic (exact) mass is 483 g/mol. The van der Waals surface area contributed by atoms with Gasteiger partial charge in [-0.05, 0) is 23.6 Å². The summed E-state index contributed by atoms with van der Waals surface area (Å²) in [5, 5.41) is 0. The molecule has 5 rings (SSSR count). The molecule has 3 heterocycles. The van der Waals surface area contributed by atoms with Crippen LogP contribution in [0.5, 0.6) is 0 Å². The molecule has 2 saturated heterocycles. The number of hydrogen-bond acceptors (Lipinski definition) is 6. The Morgan fingerprint density at radius 3 is 2.36 bits per heavy atom. The summed E-state index contributed by atoms with van der Waals surface area (Å²) in [6.45, 7) is 4.45. The Kier molecular flexibility index (Phi) is 6.50. The topological polar surface area (TPSA) is 86.7 Å². The lowest BCUT2D eigenvalue weighted by atomic mass is 9.74. The highest BCUT2D eigenvalue weighted by molar-refractivity contribution is 6.10. The minimum atomic E-state index is -1.20. The second kappa shape index (κ2) is 9.89. The Balaban J connectivity index is 1.38. The van der Waals surface area contributed by atoms with E-state index in [1.165, 1.54) is 4.90 Å². The Labute approximate surface area is 210 Å². The van der Waals surface area contributed by atoms with Gasteiger partial charge in [-0.3, -0.25) is 24.3 Å². The van der Waals surface area contributed by atoms with Gasteiger partial charge < -0.3 is 9.80 Å². The predicted octanol–water partition coefficient (Wildman–Crippen LogP) is 2.72. The Morgan fingerprint density at radius 1 is 0.944 bits per heavy atom. The fourth-order valence-corrected chi connectivity index (χ4v) is 5.29. The van der Waals surface area contributed by atoms with Crippen LogP contribution in [0.2, 0.25) is 0 Å². The van der Waals surface area contributed by atoms with Gasteiger partial charge in [0.15, 0.2) is 0 Å². The zero-order valence-electron chi connectivity index (χ0n) is 20.3. The number of rotatable bonds is 6. The molecule has 0 aliphatic carbocycles. The van der Waals surface area contributed by atoms with Crippen molar-refractivity contribution in [1.82, 2.24) is 19.8 Å². The van der Waals surface area contributed by atoms with Gasteiger partial charge in [0, 0.05) is 51.4 Å². The quantitative estimate of drug-likeness (QED) is 0.501. The molecule has 1 atom stereocenters. The minimum Gasteiger partial charge on any atom is -0.352 e. The number of hydrogen-bond donors (Lipinski definition) is 0. The van der Waals surface area contributed by atoms with Crippen molar-refractivity contribution in [3.05, 3.63) is 89.9 Å². The molecule has 2 aromatic carbocycles. The van der Waals surface area contributed by atoms with Gasteiger partial charge in [-0.1, -0.05) is 54.6 Å². The summed E-state index contributed by atoms with van der Waals surface area (Å²) in [6, 6.07) is 17.1. The lowest BCUT2D eigenvalue weighted by Crippen LogP contribution is -2.51. The molecule has 0 N–H and O–H groups in total. The molecule has 1 aromatic heterocycles. The number of nitrogens with zero attached hydrogens (tertiary/aromatic N) is 5. The fourth-order valence-electron chi connectivity index (χ4n) is 5.29. The maximum Gasteiger partial charge on any atom is 0.241 e. The smallest absolute Gasteiger partial charge is 0.241 e. The number of imide groups is 1. The van der Waals surface area contributed by atoms with E-state index < -0.39 is 5.41 Å². The van der Waals surface area contributed by atoms with Crippen LogP contribution in [0.15, 0.2) is 73.2 Å². The first kappa shape index (κ1) is 23.7. The molecule has 2 fully saturated rings. The molecule has 2 aliphatic rings. The van der Waals surface area contributed by atoms with Crippen molar-refractivity contribution in [3.8, 4) is 0 Å². The molecular weight excluding hydrogens is 454 g/mol. The standard InChI is InChI=1S/C28H29N5O3/c1-21-7-5-6-10-23(21)28(18-26(35)33(27(28)36)20-22-8-3-2-4-9-22)17-25(34)32-15-13-31(14-16-32)24-19-29-11-12-30-24/h2-12,19H,13-18,20H2,1H3. The Hall–Kier alpha value is -4.07. The summed E-state index contributed by atoms with van der Waals surface area (Å²) in [5.74, 6) is 0.137. The fraction of sp³-hybridized carbons (Fsp3) is 0.321. The highest BCUT2D eigenvalue weighted by Crippen LogP contribution is 2.42. The number of amides is 3. The van der Waals surface area contributed by atoms with E-state index >= 15 is 0 Å². The summed E-state index contributed by atoms with van der Waals surface area (Å²) in [6.07, 6.45) is 4.97. The zero-order chi connectivity index (χ0) is 25.1. The predicted molar refractivity (Wildman–Crippen MR) is 135 cm³/mol. The van der Waals surface area contributed by atoms with Gasteiger partial charge in [-0.15, -0.1) is 0 Å². The number of piperazine rings is 1. The number of anilines is 1. The van der Waals surface area contributed by atoms with Crippen LogP contribution >= 0.6 is 0 Å². The van der Waals surface area contributed by atoms with Crippen molar-refractivity contribution in [2.75, 3.05) is 31.1 Å². The first-order valence-electron chi connectivity index (χ1n) is 12.2. The second-order valence-corrected chi connectivity index (χ2v) is 9.45. The van der Waals surface area contributed by atoms with Crippen LogP contribution in [0.1, 0.15) is 29.5 Å². The van der Waals surface area contributed by atoms with Crippen LogP contribution in [0.4, 0.5) is 5.82 Å². The van der Waals surface area contributed by atoms with Gasteiger partial charge >= 0.3 is 0 Å². The zero-order valence-corrected chi connectivity index (χ0v) is 20.3. The number of carbonyl (C=O) groups is 3. The van der Waals surface area contributed by atoms with Crippen molar-refractivity contribution < 1.29 is 14.4 Å². The van der Waals surface area contributed by atoms with Crippen molar-refractivity contribution in [2.45, 2.75) is 31.7 Å². The average Bonchev–Trinajstić information content (AvgIpc) is 3.14. The van der Waals surface area contributed by atoms with E-state index in [9.17, 15) is 14.4 Å². The Bertz CT molecular complexity index is 1260. The lowest BCUT2D eigenvalue weighted by Gasteiger charge is -2.37. The van der Waals surface area contributed by atoms with E-state index in [1.54, 1.807) is 23.5 Å². The molecule has 0 radical (unpaired) electrons. The van der Waals surface area contributed by atoms with Crippen molar-refractivity contribution in [1.29, 1.82) is 0 Å². The van der Waals surface area contributed by atoms with E-state index in [0.29, 0.717) is 26.2 Å². The summed E-state index contributed by atoms with van der Waals surface area (Å²) in [7, 11) is 0. The highest BCUT2D eigenvalue weighted by atomic mass is 16.2. The van der Waals surface area contributed by atoms with Crippen molar-refractivity contribution >= 4 is 23.5 Å². The maximum absolute atomic E-state index is 14.0. The van der Waals surface area contributed by atoms with Crippen LogP contribution in [0.25, 0.3) is 0 Å². The molecule has 184 valence electrons. The third kappa shape index (κ3) is 4.46. The third-order valence-electron chi connectivity index (χ3n) is 7.21. The molecule has 36 heavy (non-hydrogen) atoms. The lowest BCUT2D eigenvalue weighted by molar-refractivity contribution is -0.143.